The summed E-state index contributed by atoms with van der Waals surface area (Å²) in [6.07, 6.45) is 2.00. The summed E-state index contributed by atoms with van der Waals surface area (Å²) in [5.41, 5.74) is 5.40. The Balaban J connectivity index is 1.37. The molecule has 5 rings (SSSR count). The molecule has 0 N–H and O–H groups in total. The Morgan fingerprint density at radius 2 is 2.04 bits per heavy atom. The lowest BCUT2D eigenvalue weighted by Gasteiger charge is -2.16. The van der Waals surface area contributed by atoms with Gasteiger partial charge in [0.2, 0.25) is 6.79 Å². The minimum atomic E-state index is 0.250. The Bertz CT molecular complexity index is 896. The van der Waals surface area contributed by atoms with Gasteiger partial charge in [-0.2, -0.15) is 0 Å². The van der Waals surface area contributed by atoms with E-state index in [2.05, 4.69) is 49.2 Å². The van der Waals surface area contributed by atoms with Crippen molar-refractivity contribution in [1.29, 1.82) is 0 Å². The third-order valence-electron chi connectivity index (χ3n) is 5.41. The highest BCUT2D eigenvalue weighted by Crippen LogP contribution is 2.41. The van der Waals surface area contributed by atoms with E-state index in [9.17, 15) is 0 Å². The number of fused-ring (bicyclic) bond motifs is 2. The number of rotatable bonds is 3. The molecule has 0 saturated carbocycles. The molecule has 2 atom stereocenters. The maximum atomic E-state index is 5.49. The van der Waals surface area contributed by atoms with Crippen molar-refractivity contribution in [2.45, 2.75) is 31.1 Å². The maximum Gasteiger partial charge on any atom is 0.231 e. The highest BCUT2D eigenvalue weighted by molar-refractivity contribution is 8.14. The van der Waals surface area contributed by atoms with Crippen LogP contribution in [0.15, 0.2) is 41.4 Å². The van der Waals surface area contributed by atoms with E-state index < -0.39 is 0 Å². The fourth-order valence-corrected chi connectivity index (χ4v) is 5.20. The topological polar surface area (TPSA) is 34.1 Å². The molecule has 2 aromatic carbocycles. The molecule has 0 amide bonds. The van der Waals surface area contributed by atoms with Crippen molar-refractivity contribution in [1.82, 2.24) is 0 Å². The van der Waals surface area contributed by atoms with Crippen LogP contribution in [-0.4, -0.2) is 30.7 Å². The number of anilines is 1. The van der Waals surface area contributed by atoms with E-state index in [0.717, 1.165) is 30.9 Å². The average Bonchev–Trinajstić information content (AvgIpc) is 3.34. The Kier molecular flexibility index (Phi) is 3.85. The van der Waals surface area contributed by atoms with Crippen molar-refractivity contribution in [3.63, 3.8) is 0 Å². The summed E-state index contributed by atoms with van der Waals surface area (Å²) in [5.74, 6) is 1.68. The van der Waals surface area contributed by atoms with E-state index in [0.29, 0.717) is 12.0 Å². The first-order valence-corrected chi connectivity index (χ1v) is 10.0. The molecular formula is C21H22N2O2S. The van der Waals surface area contributed by atoms with E-state index in [4.69, 9.17) is 14.5 Å². The van der Waals surface area contributed by atoms with Crippen molar-refractivity contribution in [3.8, 4) is 11.5 Å². The SMILES string of the molecule is CC1SC(Cc2ccc3c(c2)OCO3)=NC1c1ccc2c(c1)CCN2C. The largest absolute Gasteiger partial charge is 0.454 e. The standard InChI is InChI=1S/C21H22N2O2S/c1-13-21(16-4-5-17-15(11-16)7-8-23(17)2)22-20(26-13)10-14-3-6-18-19(9-14)25-12-24-18/h3-6,9,11,13,21H,7-8,10,12H2,1-2H3. The Hall–Kier alpha value is -2.14. The normalized spacial score (nSPS) is 23.3. The summed E-state index contributed by atoms with van der Waals surface area (Å²) >= 11 is 1.90. The first kappa shape index (κ1) is 16.1. The summed E-state index contributed by atoms with van der Waals surface area (Å²) in [6, 6.07) is 13.3. The predicted molar refractivity (Wildman–Crippen MR) is 107 cm³/mol. The summed E-state index contributed by atoms with van der Waals surface area (Å²) in [4.78, 5) is 7.40. The molecule has 134 valence electrons. The number of hydrogen-bond acceptors (Lipinski definition) is 5. The smallest absolute Gasteiger partial charge is 0.231 e. The number of benzene rings is 2. The number of aliphatic imine (C=N–C) groups is 1. The zero-order chi connectivity index (χ0) is 17.7. The van der Waals surface area contributed by atoms with Gasteiger partial charge in [0.05, 0.1) is 11.1 Å². The second kappa shape index (κ2) is 6.23. The fourth-order valence-electron chi connectivity index (χ4n) is 4.00. The van der Waals surface area contributed by atoms with Gasteiger partial charge >= 0.3 is 0 Å². The van der Waals surface area contributed by atoms with Crippen LogP contribution in [0.2, 0.25) is 0 Å². The molecule has 0 saturated heterocycles. The molecule has 3 heterocycles. The van der Waals surface area contributed by atoms with Crippen LogP contribution in [0.25, 0.3) is 0 Å². The monoisotopic (exact) mass is 366 g/mol. The van der Waals surface area contributed by atoms with Crippen LogP contribution in [0.1, 0.15) is 29.7 Å². The van der Waals surface area contributed by atoms with Crippen molar-refractivity contribution in [2.75, 3.05) is 25.3 Å². The van der Waals surface area contributed by atoms with Crippen molar-refractivity contribution < 1.29 is 9.47 Å². The van der Waals surface area contributed by atoms with E-state index in [-0.39, 0.29) is 6.04 Å². The van der Waals surface area contributed by atoms with E-state index in [1.807, 2.05) is 17.8 Å². The first-order chi connectivity index (χ1) is 12.7. The average molecular weight is 366 g/mol. The molecule has 0 fully saturated rings. The summed E-state index contributed by atoms with van der Waals surface area (Å²) in [7, 11) is 2.17. The lowest BCUT2D eigenvalue weighted by molar-refractivity contribution is 0.174. The van der Waals surface area contributed by atoms with Crippen molar-refractivity contribution in [3.05, 3.63) is 53.1 Å². The van der Waals surface area contributed by atoms with Gasteiger partial charge in [-0.05, 0) is 41.3 Å². The van der Waals surface area contributed by atoms with Gasteiger partial charge < -0.3 is 14.4 Å². The van der Waals surface area contributed by atoms with Gasteiger partial charge in [-0.1, -0.05) is 25.1 Å². The van der Waals surface area contributed by atoms with Gasteiger partial charge in [0.25, 0.3) is 0 Å². The quantitative estimate of drug-likeness (QED) is 0.814. The summed E-state index contributed by atoms with van der Waals surface area (Å²) < 4.78 is 10.9. The first-order valence-electron chi connectivity index (χ1n) is 9.13. The Morgan fingerprint density at radius 1 is 1.15 bits per heavy atom. The van der Waals surface area contributed by atoms with Crippen LogP contribution in [0.5, 0.6) is 11.5 Å². The van der Waals surface area contributed by atoms with Crippen molar-refractivity contribution in [2.24, 2.45) is 4.99 Å². The second-order valence-corrected chi connectivity index (χ2v) is 8.67. The molecule has 0 bridgehead atoms. The van der Waals surface area contributed by atoms with Gasteiger partial charge in [0.1, 0.15) is 0 Å². The van der Waals surface area contributed by atoms with Gasteiger partial charge in [0.15, 0.2) is 11.5 Å². The minimum absolute atomic E-state index is 0.250. The second-order valence-electron chi connectivity index (χ2n) is 7.21. The molecule has 3 aliphatic rings. The molecule has 4 nitrogen and oxygen atoms in total. The molecule has 0 radical (unpaired) electrons. The van der Waals surface area contributed by atoms with Gasteiger partial charge in [-0.25, -0.2) is 0 Å². The highest BCUT2D eigenvalue weighted by Gasteiger charge is 2.29. The van der Waals surface area contributed by atoms with Crippen LogP contribution in [0.3, 0.4) is 0 Å². The minimum Gasteiger partial charge on any atom is -0.454 e. The van der Waals surface area contributed by atoms with E-state index in [1.165, 1.54) is 27.4 Å². The number of likely N-dealkylation sites (N-methyl/N-ethyl adjacent to an activating group) is 1. The number of nitrogens with zero attached hydrogens (tertiary/aromatic N) is 2. The number of ether oxygens (including phenoxy) is 2. The van der Waals surface area contributed by atoms with Crippen LogP contribution >= 0.6 is 11.8 Å². The molecule has 0 spiro atoms. The third-order valence-corrected chi connectivity index (χ3v) is 6.57. The maximum absolute atomic E-state index is 5.49. The molecule has 0 aromatic heterocycles. The molecule has 2 unspecified atom stereocenters. The van der Waals surface area contributed by atoms with E-state index in [1.54, 1.807) is 0 Å². The molecular weight excluding hydrogens is 344 g/mol. The molecule has 0 aliphatic carbocycles. The molecule has 5 heteroatoms. The predicted octanol–water partition coefficient (Wildman–Crippen LogP) is 4.23. The zero-order valence-electron chi connectivity index (χ0n) is 15.1. The van der Waals surface area contributed by atoms with Crippen LogP contribution in [-0.2, 0) is 12.8 Å². The molecule has 2 aromatic rings. The number of thioether (sulfide) groups is 1. The fraction of sp³-hybridized carbons (Fsp3) is 0.381. The molecule has 26 heavy (non-hydrogen) atoms. The van der Waals surface area contributed by atoms with Gasteiger partial charge in [-0.15, -0.1) is 11.8 Å². The zero-order valence-corrected chi connectivity index (χ0v) is 15.9. The summed E-state index contributed by atoms with van der Waals surface area (Å²) in [6.45, 7) is 3.72. The Labute approximate surface area is 158 Å². The van der Waals surface area contributed by atoms with Crippen LogP contribution < -0.4 is 14.4 Å². The lowest BCUT2D eigenvalue weighted by Crippen LogP contribution is -2.12. The number of hydrogen-bond donors (Lipinski definition) is 0. The van der Waals surface area contributed by atoms with Gasteiger partial charge in [0, 0.05) is 31.0 Å². The lowest BCUT2D eigenvalue weighted by atomic mass is 10.0. The van der Waals surface area contributed by atoms with Crippen LogP contribution in [0.4, 0.5) is 5.69 Å². The van der Waals surface area contributed by atoms with E-state index >= 15 is 0 Å². The van der Waals surface area contributed by atoms with Crippen LogP contribution in [0, 0.1) is 0 Å². The van der Waals surface area contributed by atoms with Gasteiger partial charge in [-0.3, -0.25) is 4.99 Å². The third kappa shape index (κ3) is 2.75. The van der Waals surface area contributed by atoms with Crippen molar-refractivity contribution >= 4 is 22.5 Å². The summed E-state index contributed by atoms with van der Waals surface area (Å²) in [5, 5.41) is 1.68. The molecule has 3 aliphatic heterocycles. The Morgan fingerprint density at radius 3 is 2.96 bits per heavy atom. The highest BCUT2D eigenvalue weighted by atomic mass is 32.2.